The molecule has 0 aromatic heterocycles. The van der Waals surface area contributed by atoms with Gasteiger partial charge in [-0.2, -0.15) is 0 Å². The Bertz CT molecular complexity index is 417. The molecule has 0 aliphatic carbocycles. The normalized spacial score (nSPS) is 17.6. The van der Waals surface area contributed by atoms with E-state index in [4.69, 9.17) is 0 Å². The van der Waals surface area contributed by atoms with Crippen LogP contribution < -0.4 is 9.47 Å². The van der Waals surface area contributed by atoms with Crippen LogP contribution in [0.4, 0.5) is 21.7 Å². The number of fused-ring (bicyclic) bond motifs is 1. The molecule has 0 N–H and O–H groups in total. The summed E-state index contributed by atoms with van der Waals surface area (Å²) in [5.74, 6) is -0.908. The van der Waals surface area contributed by atoms with Crippen LogP contribution in [0.2, 0.25) is 0 Å². The fraction of sp³-hybridized carbons (Fsp3) is 0.250. The number of para-hydroxylation sites is 1. The summed E-state index contributed by atoms with van der Waals surface area (Å²) in [6.07, 6.45) is -5.17. The second-order valence-corrected chi connectivity index (χ2v) is 3.33. The molecule has 0 saturated heterocycles. The Morgan fingerprint density at radius 3 is 2.44 bits per heavy atom. The van der Waals surface area contributed by atoms with Crippen molar-refractivity contribution in [2.75, 3.05) is 0 Å². The van der Waals surface area contributed by atoms with Gasteiger partial charge in [0.15, 0.2) is 11.5 Å². The topological polar surface area (TPSA) is 18.5 Å². The zero-order chi connectivity index (χ0) is 12.0. The van der Waals surface area contributed by atoms with Gasteiger partial charge in [-0.15, -0.1) is 8.78 Å². The lowest BCUT2D eigenvalue weighted by molar-refractivity contribution is -0.286. The molecule has 0 bridgehead atoms. The Balaban J connectivity index is 2.34. The summed E-state index contributed by atoms with van der Waals surface area (Å²) in [4.78, 5) is 0. The maximum atomic E-state index is 12.6. The number of hydrogen-bond donors (Lipinski definition) is 0. The molecule has 1 aromatic carbocycles. The average Bonchev–Trinajstić information content (AvgIpc) is 2.37. The molecule has 88 valence electrons. The molecular weight excluding hydrogens is 234 g/mol. The van der Waals surface area contributed by atoms with Crippen molar-refractivity contribution in [1.29, 1.82) is 0 Å². The summed E-state index contributed by atoms with van der Waals surface area (Å²) in [5.41, 5.74) is -0.345. The van der Waals surface area contributed by atoms with Gasteiger partial charge < -0.3 is 22.4 Å². The van der Waals surface area contributed by atoms with Crippen molar-refractivity contribution >= 4 is 6.98 Å². The smallest absolute Gasteiger partial charge is 0.449 e. The van der Waals surface area contributed by atoms with Crippen molar-refractivity contribution in [1.82, 2.24) is 0 Å². The van der Waals surface area contributed by atoms with E-state index in [1.165, 1.54) is 6.07 Å². The van der Waals surface area contributed by atoms with Gasteiger partial charge in [-0.1, -0.05) is 18.5 Å². The van der Waals surface area contributed by atoms with Crippen molar-refractivity contribution in [3.05, 3.63) is 23.8 Å². The Kier molecular flexibility index (Phi) is 2.25. The van der Waals surface area contributed by atoms with Crippen LogP contribution in [-0.4, -0.2) is 13.3 Å². The van der Waals surface area contributed by atoms with Crippen LogP contribution in [0.25, 0.3) is 0 Å². The number of alkyl halides is 2. The molecule has 1 aromatic rings. The Morgan fingerprint density at radius 1 is 1.12 bits per heavy atom. The van der Waals surface area contributed by atoms with Gasteiger partial charge in [-0.3, -0.25) is 0 Å². The van der Waals surface area contributed by atoms with E-state index in [0.29, 0.717) is 0 Å². The molecule has 2 rings (SSSR count). The van der Waals surface area contributed by atoms with Gasteiger partial charge in [0.25, 0.3) is 0 Å². The lowest BCUT2D eigenvalue weighted by Gasteiger charge is -2.14. The molecule has 0 spiro atoms. The number of ether oxygens (including phenoxy) is 2. The van der Waals surface area contributed by atoms with Crippen molar-refractivity contribution in [2.45, 2.75) is 12.6 Å². The fourth-order valence-corrected chi connectivity index (χ4v) is 1.44. The third-order valence-corrected chi connectivity index (χ3v) is 1.96. The zero-order valence-electron chi connectivity index (χ0n) is 7.72. The first-order valence-electron chi connectivity index (χ1n) is 4.35. The first-order valence-corrected chi connectivity index (χ1v) is 4.35. The zero-order valence-corrected chi connectivity index (χ0v) is 7.72. The largest absolute Gasteiger partial charge is 0.586 e. The molecule has 0 amide bonds. The first-order chi connectivity index (χ1) is 7.27. The molecular formula is C8H5BF5O2-. The summed E-state index contributed by atoms with van der Waals surface area (Å²) >= 11 is 0. The van der Waals surface area contributed by atoms with Crippen LogP contribution in [0, 0.1) is 0 Å². The van der Waals surface area contributed by atoms with E-state index in [2.05, 4.69) is 9.47 Å². The van der Waals surface area contributed by atoms with Gasteiger partial charge in [-0.25, -0.2) is 0 Å². The van der Waals surface area contributed by atoms with E-state index < -0.39 is 25.3 Å². The number of hydrogen-bond acceptors (Lipinski definition) is 2. The van der Waals surface area contributed by atoms with E-state index in [0.717, 1.165) is 12.1 Å². The van der Waals surface area contributed by atoms with E-state index >= 15 is 0 Å². The van der Waals surface area contributed by atoms with E-state index in [-0.39, 0.29) is 11.3 Å². The second-order valence-electron chi connectivity index (χ2n) is 3.33. The molecule has 0 saturated carbocycles. The lowest BCUT2D eigenvalue weighted by atomic mass is 9.81. The van der Waals surface area contributed by atoms with Crippen LogP contribution in [0.1, 0.15) is 5.56 Å². The highest BCUT2D eigenvalue weighted by molar-refractivity contribution is 6.57. The molecule has 0 atom stereocenters. The molecule has 8 heteroatoms. The second kappa shape index (κ2) is 3.26. The van der Waals surface area contributed by atoms with Crippen molar-refractivity contribution < 1.29 is 31.2 Å². The predicted octanol–water partition coefficient (Wildman–Crippen LogP) is 2.94. The summed E-state index contributed by atoms with van der Waals surface area (Å²) in [5, 5.41) is 0. The van der Waals surface area contributed by atoms with Crippen LogP contribution >= 0.6 is 0 Å². The Morgan fingerprint density at radius 2 is 1.81 bits per heavy atom. The Hall–Kier alpha value is -1.47. The Labute approximate surface area is 87.0 Å². The average molecular weight is 239 g/mol. The van der Waals surface area contributed by atoms with Gasteiger partial charge in [0, 0.05) is 0 Å². The third-order valence-electron chi connectivity index (χ3n) is 1.96. The first kappa shape index (κ1) is 11.0. The quantitative estimate of drug-likeness (QED) is 0.583. The molecule has 0 fully saturated rings. The number of rotatable bonds is 2. The highest BCUT2D eigenvalue weighted by Crippen LogP contribution is 2.44. The van der Waals surface area contributed by atoms with Crippen LogP contribution in [-0.2, 0) is 6.32 Å². The van der Waals surface area contributed by atoms with Crippen molar-refractivity contribution in [3.8, 4) is 11.5 Å². The molecule has 0 unspecified atom stereocenters. The van der Waals surface area contributed by atoms with Gasteiger partial charge in [0.1, 0.15) is 0 Å². The standard InChI is InChI=1S/C8H5BF5O2/c10-8(11)15-6-3-1-2-5(7(6)16-8)4-9(12,13)14/h1-3H,4H2/q-1. The molecule has 16 heavy (non-hydrogen) atoms. The summed E-state index contributed by atoms with van der Waals surface area (Å²) in [6, 6.07) is 3.42. The SMILES string of the molecule is F[B-](F)(F)Cc1cccc2c1OC(F)(F)O2. The molecule has 1 heterocycles. The maximum Gasteiger partial charge on any atom is 0.586 e. The summed E-state index contributed by atoms with van der Waals surface area (Å²) < 4.78 is 69.9. The van der Waals surface area contributed by atoms with Gasteiger partial charge in [0.2, 0.25) is 0 Å². The fourth-order valence-electron chi connectivity index (χ4n) is 1.44. The van der Waals surface area contributed by atoms with Crippen molar-refractivity contribution in [3.63, 3.8) is 0 Å². The van der Waals surface area contributed by atoms with Gasteiger partial charge in [-0.05, 0) is 11.6 Å². The van der Waals surface area contributed by atoms with Crippen molar-refractivity contribution in [2.24, 2.45) is 0 Å². The number of benzene rings is 1. The molecule has 0 radical (unpaired) electrons. The predicted molar refractivity (Wildman–Crippen MR) is 45.4 cm³/mol. The third kappa shape index (κ3) is 2.20. The molecule has 1 aliphatic heterocycles. The molecule has 1 aliphatic rings. The lowest BCUT2D eigenvalue weighted by Crippen LogP contribution is -2.26. The van der Waals surface area contributed by atoms with Gasteiger partial charge in [0.05, 0.1) is 0 Å². The maximum absolute atomic E-state index is 12.6. The molecule has 2 nitrogen and oxygen atoms in total. The monoisotopic (exact) mass is 239 g/mol. The van der Waals surface area contributed by atoms with Crippen LogP contribution in [0.15, 0.2) is 18.2 Å². The summed E-state index contributed by atoms with van der Waals surface area (Å²) in [7, 11) is 0. The van der Waals surface area contributed by atoms with E-state index in [1.54, 1.807) is 0 Å². The number of halogens is 5. The summed E-state index contributed by atoms with van der Waals surface area (Å²) in [6.45, 7) is -5.11. The minimum Gasteiger partial charge on any atom is -0.449 e. The highest BCUT2D eigenvalue weighted by Gasteiger charge is 2.44. The van der Waals surface area contributed by atoms with Gasteiger partial charge >= 0.3 is 13.3 Å². The van der Waals surface area contributed by atoms with Crippen LogP contribution in [0.5, 0.6) is 11.5 Å². The highest BCUT2D eigenvalue weighted by atomic mass is 19.4. The van der Waals surface area contributed by atoms with E-state index in [9.17, 15) is 21.7 Å². The van der Waals surface area contributed by atoms with E-state index in [1.807, 2.05) is 0 Å². The minimum atomic E-state index is -5.11. The minimum absolute atomic E-state index is 0.345. The van der Waals surface area contributed by atoms with Crippen LogP contribution in [0.3, 0.4) is 0 Å².